The van der Waals surface area contributed by atoms with E-state index in [-0.39, 0.29) is 17.1 Å². The molecule has 1 saturated heterocycles. The van der Waals surface area contributed by atoms with Crippen molar-refractivity contribution < 1.29 is 66.5 Å². The molecule has 16 heteroatoms. The molecule has 3 aromatic rings. The Morgan fingerprint density at radius 2 is 1.62 bits per heavy atom. The standard InChI is InChI=1S/C21H18O15S/c22-8-3-1-7(2-4-8)12-6-10(24)13-9(23)5-11(25)16(17(13)33-12)34-21-19(36-37(30,31)32)15(27)14(26)18(35-21)20(28)29/h1-6,14-15,18-19,21-23,25-27H,(H,28,29)(H,30,31,32). The molecule has 0 spiro atoms. The predicted octanol–water partition coefficient (Wildman–Crippen LogP) is -0.325. The zero-order chi connectivity index (χ0) is 27.2. The number of benzene rings is 2. The molecule has 1 aliphatic heterocycles. The van der Waals surface area contributed by atoms with Gasteiger partial charge >= 0.3 is 16.4 Å². The maximum absolute atomic E-state index is 12.8. The SMILES string of the molecule is O=C(O)C1OC(Oc2c(O)cc(O)c3c(=O)cc(-c4ccc(O)cc4)oc23)C(OS(=O)(=O)O)C(O)C1O. The van der Waals surface area contributed by atoms with Crippen LogP contribution < -0.4 is 10.2 Å². The van der Waals surface area contributed by atoms with Crippen LogP contribution in [0.25, 0.3) is 22.3 Å². The molecule has 1 aliphatic rings. The van der Waals surface area contributed by atoms with Gasteiger partial charge in [-0.15, -0.1) is 0 Å². The summed E-state index contributed by atoms with van der Waals surface area (Å²) in [7, 11) is -5.33. The first-order chi connectivity index (χ1) is 17.3. The minimum Gasteiger partial charge on any atom is -0.508 e. The Morgan fingerprint density at radius 1 is 0.973 bits per heavy atom. The highest BCUT2D eigenvalue weighted by atomic mass is 32.3. The Morgan fingerprint density at radius 3 is 2.22 bits per heavy atom. The number of aromatic hydroxyl groups is 3. The van der Waals surface area contributed by atoms with Crippen molar-refractivity contribution in [3.63, 3.8) is 0 Å². The topological polar surface area (TPSA) is 251 Å². The smallest absolute Gasteiger partial charge is 0.397 e. The van der Waals surface area contributed by atoms with Gasteiger partial charge in [-0.2, -0.15) is 8.42 Å². The van der Waals surface area contributed by atoms with E-state index in [9.17, 15) is 48.6 Å². The van der Waals surface area contributed by atoms with E-state index in [2.05, 4.69) is 4.18 Å². The summed E-state index contributed by atoms with van der Waals surface area (Å²) in [6, 6.07) is 6.95. The lowest BCUT2D eigenvalue weighted by Crippen LogP contribution is -2.62. The van der Waals surface area contributed by atoms with Crippen molar-refractivity contribution in [2.75, 3.05) is 0 Å². The van der Waals surface area contributed by atoms with Crippen molar-refractivity contribution in [2.45, 2.75) is 30.7 Å². The summed E-state index contributed by atoms with van der Waals surface area (Å²) < 4.78 is 52.1. The summed E-state index contributed by atoms with van der Waals surface area (Å²) in [6.45, 7) is 0. The van der Waals surface area contributed by atoms with Crippen LogP contribution >= 0.6 is 0 Å². The van der Waals surface area contributed by atoms with Crippen molar-refractivity contribution >= 4 is 27.3 Å². The summed E-state index contributed by atoms with van der Waals surface area (Å²) in [6.07, 6.45) is -11.3. The van der Waals surface area contributed by atoms with E-state index in [1.54, 1.807) is 0 Å². The zero-order valence-corrected chi connectivity index (χ0v) is 19.0. The molecule has 0 saturated carbocycles. The summed E-state index contributed by atoms with van der Waals surface area (Å²) in [5.74, 6) is -4.47. The van der Waals surface area contributed by atoms with Gasteiger partial charge < -0.3 is 44.5 Å². The monoisotopic (exact) mass is 542 g/mol. The average Bonchev–Trinajstić information content (AvgIpc) is 2.79. The van der Waals surface area contributed by atoms with Gasteiger partial charge in [0, 0.05) is 17.7 Å². The average molecular weight is 542 g/mol. The van der Waals surface area contributed by atoms with E-state index in [4.69, 9.17) is 18.4 Å². The lowest BCUT2D eigenvalue weighted by atomic mass is 9.99. The molecule has 2 heterocycles. The van der Waals surface area contributed by atoms with E-state index in [0.29, 0.717) is 6.07 Å². The van der Waals surface area contributed by atoms with Gasteiger partial charge in [0.05, 0.1) is 0 Å². The summed E-state index contributed by atoms with van der Waals surface area (Å²) in [5.41, 5.74) is -1.19. The van der Waals surface area contributed by atoms with Crippen LogP contribution in [0.1, 0.15) is 0 Å². The summed E-state index contributed by atoms with van der Waals surface area (Å²) in [5, 5.41) is 59.2. The molecule has 0 aliphatic carbocycles. The van der Waals surface area contributed by atoms with E-state index in [0.717, 1.165) is 6.07 Å². The van der Waals surface area contributed by atoms with Crippen LogP contribution in [-0.4, -0.2) is 80.3 Å². The summed E-state index contributed by atoms with van der Waals surface area (Å²) in [4.78, 5) is 24.3. The molecule has 2 aromatic carbocycles. The van der Waals surface area contributed by atoms with Crippen LogP contribution in [0.4, 0.5) is 0 Å². The van der Waals surface area contributed by atoms with Crippen LogP contribution in [0.3, 0.4) is 0 Å². The largest absolute Gasteiger partial charge is 0.508 e. The molecule has 0 amide bonds. The van der Waals surface area contributed by atoms with Gasteiger partial charge in [0.2, 0.25) is 12.0 Å². The maximum atomic E-state index is 12.8. The van der Waals surface area contributed by atoms with Crippen molar-refractivity contribution in [1.29, 1.82) is 0 Å². The van der Waals surface area contributed by atoms with Crippen LogP contribution in [-0.2, 0) is 24.1 Å². The van der Waals surface area contributed by atoms with Crippen molar-refractivity contribution in [3.05, 3.63) is 46.6 Å². The number of carbonyl (C=O) groups is 1. The van der Waals surface area contributed by atoms with Gasteiger partial charge in [-0.05, 0) is 24.3 Å². The molecule has 0 bridgehead atoms. The molecule has 37 heavy (non-hydrogen) atoms. The Bertz CT molecular complexity index is 1510. The number of phenolic OH excluding ortho intramolecular Hbond substituents is 3. The maximum Gasteiger partial charge on any atom is 0.397 e. The molecule has 1 fully saturated rings. The third-order valence-electron chi connectivity index (χ3n) is 5.32. The van der Waals surface area contributed by atoms with Gasteiger partial charge in [0.1, 0.15) is 34.9 Å². The van der Waals surface area contributed by atoms with E-state index in [1.807, 2.05) is 0 Å². The number of aliphatic carboxylic acids is 1. The number of rotatable bonds is 6. The normalized spacial score (nSPS) is 24.1. The third kappa shape index (κ3) is 5.15. The fourth-order valence-corrected chi connectivity index (χ4v) is 4.14. The number of hydrogen-bond acceptors (Lipinski definition) is 13. The van der Waals surface area contributed by atoms with Crippen LogP contribution in [0.2, 0.25) is 0 Å². The molecular formula is C21H18O15S. The molecular weight excluding hydrogens is 524 g/mol. The van der Waals surface area contributed by atoms with Gasteiger partial charge in [-0.1, -0.05) is 0 Å². The van der Waals surface area contributed by atoms with Gasteiger partial charge in [0.15, 0.2) is 29.0 Å². The Hall–Kier alpha value is -3.93. The number of phenols is 3. The first kappa shape index (κ1) is 26.1. The number of fused-ring (bicyclic) bond motifs is 1. The number of aliphatic hydroxyl groups excluding tert-OH is 2. The number of carboxylic acid groups (broad SMARTS) is 1. The minimum atomic E-state index is -5.33. The van der Waals surface area contributed by atoms with E-state index in [1.165, 1.54) is 24.3 Å². The molecule has 198 valence electrons. The first-order valence-corrected chi connectivity index (χ1v) is 11.5. The fraction of sp³-hybridized carbons (Fsp3) is 0.238. The molecule has 0 radical (unpaired) electrons. The highest BCUT2D eigenvalue weighted by molar-refractivity contribution is 7.80. The molecule has 5 unspecified atom stereocenters. The Labute approximate surface area is 205 Å². The number of ether oxygens (including phenoxy) is 2. The second-order valence-corrected chi connectivity index (χ2v) is 8.87. The second kappa shape index (κ2) is 9.51. The molecule has 4 rings (SSSR count). The fourth-order valence-electron chi connectivity index (χ4n) is 3.66. The quantitative estimate of drug-likeness (QED) is 0.197. The van der Waals surface area contributed by atoms with Crippen LogP contribution in [0, 0.1) is 0 Å². The lowest BCUT2D eigenvalue weighted by Gasteiger charge is -2.39. The minimum absolute atomic E-state index is 0.0979. The molecule has 5 atom stereocenters. The second-order valence-electron chi connectivity index (χ2n) is 7.82. The van der Waals surface area contributed by atoms with Gasteiger partial charge in [-0.25, -0.2) is 8.98 Å². The van der Waals surface area contributed by atoms with Crippen LogP contribution in [0.5, 0.6) is 23.0 Å². The summed E-state index contributed by atoms with van der Waals surface area (Å²) >= 11 is 0. The number of hydrogen-bond donors (Lipinski definition) is 7. The highest BCUT2D eigenvalue weighted by Crippen LogP contribution is 2.42. The van der Waals surface area contributed by atoms with E-state index < -0.39 is 80.7 Å². The van der Waals surface area contributed by atoms with Crippen molar-refractivity contribution in [1.82, 2.24) is 0 Å². The lowest BCUT2D eigenvalue weighted by molar-refractivity contribution is -0.265. The van der Waals surface area contributed by atoms with Gasteiger partial charge in [-0.3, -0.25) is 9.35 Å². The van der Waals surface area contributed by atoms with Crippen molar-refractivity contribution in [3.8, 4) is 34.3 Å². The van der Waals surface area contributed by atoms with Crippen molar-refractivity contribution in [2.24, 2.45) is 0 Å². The third-order valence-corrected chi connectivity index (χ3v) is 5.79. The zero-order valence-electron chi connectivity index (χ0n) is 18.2. The number of aliphatic hydroxyl groups is 2. The van der Waals surface area contributed by atoms with Crippen LogP contribution in [0.15, 0.2) is 45.6 Å². The molecule has 15 nitrogen and oxygen atoms in total. The molecule has 7 N–H and O–H groups in total. The Balaban J connectivity index is 1.87. The first-order valence-electron chi connectivity index (χ1n) is 10.2. The molecule has 1 aromatic heterocycles. The number of carboxylic acids is 1. The predicted molar refractivity (Wildman–Crippen MR) is 118 cm³/mol. The van der Waals surface area contributed by atoms with Gasteiger partial charge in [0.25, 0.3) is 0 Å². The Kier molecular flexibility index (Phi) is 6.72. The highest BCUT2D eigenvalue weighted by Gasteiger charge is 2.51. The van der Waals surface area contributed by atoms with E-state index >= 15 is 0 Å².